The molecule has 1 fully saturated rings. The molecule has 0 radical (unpaired) electrons. The molecule has 25 heavy (non-hydrogen) atoms. The number of rotatable bonds is 4. The van der Waals surface area contributed by atoms with Crippen molar-refractivity contribution >= 4 is 5.91 Å². The van der Waals surface area contributed by atoms with Crippen LogP contribution in [0.2, 0.25) is 0 Å². The molecule has 0 bridgehead atoms. The standard InChI is InChI=1S/C18H16F3NO3/c19-14-7-13(12-1-2-16(20)17(21)9-12)8-15(10-14)25-11-18(23)22-3-5-24-6-4-22/h1-2,7-10H,3-6,11H2. The van der Waals surface area contributed by atoms with Crippen LogP contribution in [-0.2, 0) is 9.53 Å². The highest BCUT2D eigenvalue weighted by molar-refractivity contribution is 5.78. The van der Waals surface area contributed by atoms with Gasteiger partial charge < -0.3 is 14.4 Å². The highest BCUT2D eigenvalue weighted by Gasteiger charge is 2.17. The van der Waals surface area contributed by atoms with E-state index in [0.29, 0.717) is 37.4 Å². The number of nitrogens with zero attached hydrogens (tertiary/aromatic N) is 1. The zero-order valence-electron chi connectivity index (χ0n) is 13.3. The van der Waals surface area contributed by atoms with Crippen molar-refractivity contribution in [2.45, 2.75) is 0 Å². The lowest BCUT2D eigenvalue weighted by Crippen LogP contribution is -2.42. The SMILES string of the molecule is O=C(COc1cc(F)cc(-c2ccc(F)c(F)c2)c1)N1CCOCC1. The number of morpholine rings is 1. The van der Waals surface area contributed by atoms with E-state index in [-0.39, 0.29) is 18.3 Å². The topological polar surface area (TPSA) is 38.8 Å². The Hall–Kier alpha value is -2.54. The van der Waals surface area contributed by atoms with Gasteiger partial charge in [-0.1, -0.05) is 6.07 Å². The first kappa shape index (κ1) is 17.3. The van der Waals surface area contributed by atoms with E-state index in [1.54, 1.807) is 4.90 Å². The quantitative estimate of drug-likeness (QED) is 0.850. The largest absolute Gasteiger partial charge is 0.484 e. The molecule has 7 heteroatoms. The molecule has 2 aromatic rings. The van der Waals surface area contributed by atoms with Crippen molar-refractivity contribution in [1.29, 1.82) is 0 Å². The van der Waals surface area contributed by atoms with Gasteiger partial charge in [0.1, 0.15) is 11.6 Å². The van der Waals surface area contributed by atoms with Crippen LogP contribution >= 0.6 is 0 Å². The highest BCUT2D eigenvalue weighted by Crippen LogP contribution is 2.27. The van der Waals surface area contributed by atoms with Gasteiger partial charge in [0.05, 0.1) is 13.2 Å². The molecule has 1 aliphatic heterocycles. The summed E-state index contributed by atoms with van der Waals surface area (Å²) in [4.78, 5) is 13.7. The van der Waals surface area contributed by atoms with Crippen LogP contribution in [0.4, 0.5) is 13.2 Å². The zero-order valence-corrected chi connectivity index (χ0v) is 13.3. The summed E-state index contributed by atoms with van der Waals surface area (Å²) < 4.78 is 50.8. The number of halogens is 3. The Balaban J connectivity index is 1.72. The monoisotopic (exact) mass is 351 g/mol. The first-order valence-electron chi connectivity index (χ1n) is 7.77. The van der Waals surface area contributed by atoms with Crippen molar-refractivity contribution < 1.29 is 27.4 Å². The van der Waals surface area contributed by atoms with Gasteiger partial charge in [-0.3, -0.25) is 4.79 Å². The minimum Gasteiger partial charge on any atom is -0.484 e. The minimum atomic E-state index is -1.02. The Morgan fingerprint density at radius 2 is 1.76 bits per heavy atom. The van der Waals surface area contributed by atoms with Gasteiger partial charge in [-0.05, 0) is 35.4 Å². The number of hydrogen-bond donors (Lipinski definition) is 0. The molecule has 1 heterocycles. The fourth-order valence-electron chi connectivity index (χ4n) is 2.54. The molecule has 0 aliphatic carbocycles. The summed E-state index contributed by atoms with van der Waals surface area (Å²) >= 11 is 0. The fourth-order valence-corrected chi connectivity index (χ4v) is 2.54. The van der Waals surface area contributed by atoms with Crippen LogP contribution in [0.1, 0.15) is 0 Å². The molecule has 2 aromatic carbocycles. The maximum Gasteiger partial charge on any atom is 0.260 e. The Labute approximate surface area is 142 Å². The van der Waals surface area contributed by atoms with E-state index in [9.17, 15) is 18.0 Å². The molecule has 132 valence electrons. The number of ether oxygens (including phenoxy) is 2. The molecule has 0 N–H and O–H groups in total. The summed E-state index contributed by atoms with van der Waals surface area (Å²) in [5, 5.41) is 0. The lowest BCUT2D eigenvalue weighted by Gasteiger charge is -2.26. The number of benzene rings is 2. The molecule has 1 amide bonds. The van der Waals surface area contributed by atoms with Crippen molar-refractivity contribution in [2.75, 3.05) is 32.9 Å². The van der Waals surface area contributed by atoms with Crippen LogP contribution < -0.4 is 4.74 Å². The summed E-state index contributed by atoms with van der Waals surface area (Å²) in [5.74, 6) is -2.68. The second-order valence-corrected chi connectivity index (χ2v) is 5.59. The van der Waals surface area contributed by atoms with Gasteiger partial charge in [-0.15, -0.1) is 0 Å². The van der Waals surface area contributed by atoms with Crippen molar-refractivity contribution in [1.82, 2.24) is 4.90 Å². The van der Waals surface area contributed by atoms with E-state index in [0.717, 1.165) is 18.2 Å². The lowest BCUT2D eigenvalue weighted by molar-refractivity contribution is -0.137. The predicted octanol–water partition coefficient (Wildman–Crippen LogP) is 3.01. The number of carbonyl (C=O) groups is 1. The molecular weight excluding hydrogens is 335 g/mol. The third-order valence-corrected chi connectivity index (χ3v) is 3.85. The van der Waals surface area contributed by atoms with Gasteiger partial charge in [0.25, 0.3) is 5.91 Å². The van der Waals surface area contributed by atoms with E-state index in [1.807, 2.05) is 0 Å². The number of carbonyl (C=O) groups excluding carboxylic acids is 1. The molecule has 4 nitrogen and oxygen atoms in total. The molecular formula is C18H16F3NO3. The Morgan fingerprint density at radius 1 is 1.00 bits per heavy atom. The maximum atomic E-state index is 13.8. The van der Waals surface area contributed by atoms with E-state index in [2.05, 4.69) is 0 Å². The van der Waals surface area contributed by atoms with Crippen LogP contribution in [0.15, 0.2) is 36.4 Å². The second-order valence-electron chi connectivity index (χ2n) is 5.59. The Kier molecular flexibility index (Phi) is 5.23. The number of hydrogen-bond acceptors (Lipinski definition) is 3. The first-order chi connectivity index (χ1) is 12.0. The third kappa shape index (κ3) is 4.30. The van der Waals surface area contributed by atoms with Gasteiger partial charge in [0.15, 0.2) is 18.2 Å². The molecule has 1 aliphatic rings. The Morgan fingerprint density at radius 3 is 2.48 bits per heavy atom. The summed E-state index contributed by atoms with van der Waals surface area (Å²) in [7, 11) is 0. The molecule has 0 atom stereocenters. The first-order valence-corrected chi connectivity index (χ1v) is 7.77. The van der Waals surface area contributed by atoms with Gasteiger partial charge in [-0.25, -0.2) is 13.2 Å². The van der Waals surface area contributed by atoms with E-state index in [4.69, 9.17) is 9.47 Å². The van der Waals surface area contributed by atoms with Crippen LogP contribution in [0, 0.1) is 17.5 Å². The fraction of sp³-hybridized carbons (Fsp3) is 0.278. The molecule has 0 unspecified atom stereocenters. The molecule has 1 saturated heterocycles. The second kappa shape index (κ2) is 7.57. The normalized spacial score (nSPS) is 14.4. The molecule has 0 aromatic heterocycles. The maximum absolute atomic E-state index is 13.8. The minimum absolute atomic E-state index is 0.140. The predicted molar refractivity (Wildman–Crippen MR) is 84.6 cm³/mol. The number of amides is 1. The van der Waals surface area contributed by atoms with Gasteiger partial charge >= 0.3 is 0 Å². The van der Waals surface area contributed by atoms with Crippen molar-refractivity contribution in [3.05, 3.63) is 53.8 Å². The van der Waals surface area contributed by atoms with Gasteiger partial charge in [0, 0.05) is 19.2 Å². The summed E-state index contributed by atoms with van der Waals surface area (Å²) in [5.41, 5.74) is 0.635. The van der Waals surface area contributed by atoms with Gasteiger partial charge in [-0.2, -0.15) is 0 Å². The summed E-state index contributed by atoms with van der Waals surface area (Å²) in [6, 6.07) is 7.09. The van der Waals surface area contributed by atoms with Crippen LogP contribution in [0.25, 0.3) is 11.1 Å². The molecule has 3 rings (SSSR count). The highest BCUT2D eigenvalue weighted by atomic mass is 19.2. The lowest BCUT2D eigenvalue weighted by atomic mass is 10.0. The summed E-state index contributed by atoms with van der Waals surface area (Å²) in [6.07, 6.45) is 0. The zero-order chi connectivity index (χ0) is 17.8. The van der Waals surface area contributed by atoms with Crippen LogP contribution in [0.5, 0.6) is 5.75 Å². The molecule has 0 saturated carbocycles. The van der Waals surface area contributed by atoms with Crippen LogP contribution in [0.3, 0.4) is 0 Å². The van der Waals surface area contributed by atoms with E-state index in [1.165, 1.54) is 18.2 Å². The average molecular weight is 351 g/mol. The van der Waals surface area contributed by atoms with Crippen LogP contribution in [-0.4, -0.2) is 43.7 Å². The third-order valence-electron chi connectivity index (χ3n) is 3.85. The van der Waals surface area contributed by atoms with E-state index < -0.39 is 17.5 Å². The van der Waals surface area contributed by atoms with Crippen molar-refractivity contribution in [3.8, 4) is 16.9 Å². The van der Waals surface area contributed by atoms with Crippen molar-refractivity contribution in [2.24, 2.45) is 0 Å². The van der Waals surface area contributed by atoms with Gasteiger partial charge in [0.2, 0.25) is 0 Å². The summed E-state index contributed by atoms with van der Waals surface area (Å²) in [6.45, 7) is 1.70. The van der Waals surface area contributed by atoms with E-state index >= 15 is 0 Å². The smallest absolute Gasteiger partial charge is 0.260 e. The molecule has 0 spiro atoms. The van der Waals surface area contributed by atoms with Crippen molar-refractivity contribution in [3.63, 3.8) is 0 Å². The Bertz CT molecular complexity index is 776. The average Bonchev–Trinajstić information content (AvgIpc) is 2.62.